The normalized spacial score (nSPS) is 11.3. The van der Waals surface area contributed by atoms with Crippen molar-refractivity contribution in [2.45, 2.75) is 46.0 Å². The highest BCUT2D eigenvalue weighted by Gasteiger charge is 2.18. The van der Waals surface area contributed by atoms with Crippen LogP contribution in [0.1, 0.15) is 51.8 Å². The van der Waals surface area contributed by atoms with Gasteiger partial charge in [-0.3, -0.25) is 0 Å². The predicted octanol–water partition coefficient (Wildman–Crippen LogP) is 5.97. The maximum atomic E-state index is 5.75. The second-order valence-corrected chi connectivity index (χ2v) is 7.44. The summed E-state index contributed by atoms with van der Waals surface area (Å²) in [6.07, 6.45) is 2.15. The van der Waals surface area contributed by atoms with E-state index >= 15 is 0 Å². The molecule has 1 aromatic heterocycles. The van der Waals surface area contributed by atoms with Crippen molar-refractivity contribution >= 4 is 27.9 Å². The summed E-state index contributed by atoms with van der Waals surface area (Å²) in [6.45, 7) is 13.4. The number of unbranched alkanes of at least 4 members (excludes halogenated alkanes) is 1. The van der Waals surface area contributed by atoms with Crippen molar-refractivity contribution in [3.8, 4) is 0 Å². The number of hydrogen-bond donors (Lipinski definition) is 1. The lowest BCUT2D eigenvalue weighted by atomic mass is 9.93. The molecule has 1 N–H and O–H groups in total. The van der Waals surface area contributed by atoms with E-state index in [-0.39, 0.29) is 5.41 Å². The first-order chi connectivity index (χ1) is 10.9. The first-order valence-electron chi connectivity index (χ1n) is 8.06. The molecule has 2 aromatic rings. The van der Waals surface area contributed by atoms with Crippen molar-refractivity contribution in [1.82, 2.24) is 4.98 Å². The van der Waals surface area contributed by atoms with E-state index in [0.717, 1.165) is 34.9 Å². The van der Waals surface area contributed by atoms with Crippen molar-refractivity contribution < 1.29 is 4.74 Å². The molecular weight excluding hydrogens is 304 g/mol. The first-order valence-corrected chi connectivity index (χ1v) is 8.94. The Balaban J connectivity index is 2.14. The second-order valence-electron chi connectivity index (χ2n) is 6.58. The Bertz CT molecular complexity index is 655. The summed E-state index contributed by atoms with van der Waals surface area (Å²) in [7, 11) is 0. The van der Waals surface area contributed by atoms with Gasteiger partial charge in [0.1, 0.15) is 5.76 Å². The molecule has 0 aliphatic heterocycles. The fraction of sp³-hybridized carbons (Fsp3) is 0.421. The Labute approximate surface area is 143 Å². The number of nitrogens with one attached hydrogen (secondary N) is 1. The van der Waals surface area contributed by atoms with Gasteiger partial charge < -0.3 is 10.1 Å². The number of nitrogens with zero attached hydrogens (tertiary/aromatic N) is 1. The van der Waals surface area contributed by atoms with Gasteiger partial charge in [-0.25, -0.2) is 4.98 Å². The lowest BCUT2D eigenvalue weighted by Gasteiger charge is -2.15. The van der Waals surface area contributed by atoms with Gasteiger partial charge in [-0.2, -0.15) is 0 Å². The summed E-state index contributed by atoms with van der Waals surface area (Å²) in [5.41, 5.74) is 3.11. The van der Waals surface area contributed by atoms with Gasteiger partial charge >= 0.3 is 0 Å². The molecule has 0 saturated heterocycles. The molecule has 0 saturated carbocycles. The molecule has 0 unspecified atom stereocenters. The third-order valence-corrected chi connectivity index (χ3v) is 4.27. The minimum atomic E-state index is 0.0583. The molecule has 0 aliphatic rings. The number of anilines is 2. The van der Waals surface area contributed by atoms with Gasteiger partial charge in [-0.1, -0.05) is 52.8 Å². The van der Waals surface area contributed by atoms with Crippen LogP contribution in [0.2, 0.25) is 0 Å². The summed E-state index contributed by atoms with van der Waals surface area (Å²) < 4.78 is 5.75. The molecule has 0 aliphatic carbocycles. The SMILES string of the molecule is C=C(OCCCC)c1ccccc1Nc1nc(C(C)(C)C)cs1. The highest BCUT2D eigenvalue weighted by molar-refractivity contribution is 7.13. The number of hydrogen-bond acceptors (Lipinski definition) is 4. The quantitative estimate of drug-likeness (QED) is 0.501. The van der Waals surface area contributed by atoms with Crippen LogP contribution in [-0.4, -0.2) is 11.6 Å². The maximum Gasteiger partial charge on any atom is 0.187 e. The van der Waals surface area contributed by atoms with Gasteiger partial charge in [-0.15, -0.1) is 11.3 Å². The van der Waals surface area contributed by atoms with E-state index in [2.05, 4.69) is 50.0 Å². The van der Waals surface area contributed by atoms with E-state index in [1.807, 2.05) is 24.3 Å². The van der Waals surface area contributed by atoms with E-state index in [4.69, 9.17) is 4.74 Å². The van der Waals surface area contributed by atoms with Crippen LogP contribution < -0.4 is 5.32 Å². The Morgan fingerprint density at radius 2 is 2.04 bits per heavy atom. The first kappa shape index (κ1) is 17.5. The Kier molecular flexibility index (Phi) is 5.83. The monoisotopic (exact) mass is 330 g/mol. The molecule has 0 spiro atoms. The zero-order chi connectivity index (χ0) is 16.9. The summed E-state index contributed by atoms with van der Waals surface area (Å²) in [4.78, 5) is 4.69. The van der Waals surface area contributed by atoms with Gasteiger partial charge in [0.2, 0.25) is 0 Å². The molecule has 0 amide bonds. The topological polar surface area (TPSA) is 34.1 Å². The fourth-order valence-corrected chi connectivity index (χ4v) is 2.99. The van der Waals surface area contributed by atoms with Crippen LogP contribution in [-0.2, 0) is 10.2 Å². The van der Waals surface area contributed by atoms with E-state index in [1.54, 1.807) is 11.3 Å². The maximum absolute atomic E-state index is 5.75. The highest BCUT2D eigenvalue weighted by Crippen LogP contribution is 2.31. The van der Waals surface area contributed by atoms with Crippen LogP contribution in [0.15, 0.2) is 36.2 Å². The van der Waals surface area contributed by atoms with Crippen LogP contribution in [0.4, 0.5) is 10.8 Å². The van der Waals surface area contributed by atoms with Crippen LogP contribution >= 0.6 is 11.3 Å². The molecular formula is C19H26N2OS. The van der Waals surface area contributed by atoms with E-state index in [9.17, 15) is 0 Å². The average molecular weight is 330 g/mol. The molecule has 1 aromatic carbocycles. The second kappa shape index (κ2) is 7.64. The van der Waals surface area contributed by atoms with E-state index < -0.39 is 0 Å². The van der Waals surface area contributed by atoms with Crippen LogP contribution in [0.3, 0.4) is 0 Å². The van der Waals surface area contributed by atoms with Crippen LogP contribution in [0.25, 0.3) is 5.76 Å². The molecule has 0 radical (unpaired) electrons. The minimum Gasteiger partial charge on any atom is -0.494 e. The lowest BCUT2D eigenvalue weighted by molar-refractivity contribution is 0.271. The zero-order valence-corrected chi connectivity index (χ0v) is 15.3. The standard InChI is InChI=1S/C19H26N2OS/c1-6-7-12-22-14(2)15-10-8-9-11-16(15)20-18-21-17(13-23-18)19(3,4)5/h8-11,13H,2,6-7,12H2,1,3-5H3,(H,20,21). The summed E-state index contributed by atoms with van der Waals surface area (Å²) in [5.74, 6) is 0.703. The molecule has 0 fully saturated rings. The Morgan fingerprint density at radius 1 is 1.30 bits per heavy atom. The molecule has 4 heteroatoms. The summed E-state index contributed by atoms with van der Waals surface area (Å²) >= 11 is 1.62. The molecule has 23 heavy (non-hydrogen) atoms. The van der Waals surface area contributed by atoms with Crippen molar-refractivity contribution in [2.75, 3.05) is 11.9 Å². The number of rotatable bonds is 7. The van der Waals surface area contributed by atoms with Crippen molar-refractivity contribution in [1.29, 1.82) is 0 Å². The number of ether oxygens (including phenoxy) is 1. The fourth-order valence-electron chi connectivity index (χ4n) is 2.04. The molecule has 0 bridgehead atoms. The van der Waals surface area contributed by atoms with Gasteiger partial charge in [0.15, 0.2) is 5.13 Å². The lowest BCUT2D eigenvalue weighted by Crippen LogP contribution is -2.11. The zero-order valence-electron chi connectivity index (χ0n) is 14.5. The minimum absolute atomic E-state index is 0.0583. The Hall–Kier alpha value is -1.81. The molecule has 1 heterocycles. The van der Waals surface area contributed by atoms with E-state index in [0.29, 0.717) is 12.4 Å². The molecule has 3 nitrogen and oxygen atoms in total. The summed E-state index contributed by atoms with van der Waals surface area (Å²) in [5, 5.41) is 6.40. The number of aromatic nitrogens is 1. The largest absolute Gasteiger partial charge is 0.494 e. The summed E-state index contributed by atoms with van der Waals surface area (Å²) in [6, 6.07) is 8.05. The van der Waals surface area contributed by atoms with Crippen molar-refractivity contribution in [3.63, 3.8) is 0 Å². The van der Waals surface area contributed by atoms with Crippen molar-refractivity contribution in [2.24, 2.45) is 0 Å². The highest BCUT2D eigenvalue weighted by atomic mass is 32.1. The van der Waals surface area contributed by atoms with Gasteiger partial charge in [0, 0.05) is 16.4 Å². The number of para-hydroxylation sites is 1. The van der Waals surface area contributed by atoms with Gasteiger partial charge in [0.05, 0.1) is 18.0 Å². The molecule has 2 rings (SSSR count). The predicted molar refractivity (Wildman–Crippen MR) is 100 cm³/mol. The van der Waals surface area contributed by atoms with Crippen LogP contribution in [0.5, 0.6) is 0 Å². The average Bonchev–Trinajstić information content (AvgIpc) is 2.97. The van der Waals surface area contributed by atoms with Gasteiger partial charge in [-0.05, 0) is 18.6 Å². The van der Waals surface area contributed by atoms with Crippen LogP contribution in [0, 0.1) is 0 Å². The molecule has 124 valence electrons. The molecule has 0 atom stereocenters. The number of thiazole rings is 1. The third kappa shape index (κ3) is 4.83. The van der Waals surface area contributed by atoms with E-state index in [1.165, 1.54) is 0 Å². The third-order valence-electron chi connectivity index (χ3n) is 3.52. The smallest absolute Gasteiger partial charge is 0.187 e. The van der Waals surface area contributed by atoms with Gasteiger partial charge in [0.25, 0.3) is 0 Å². The van der Waals surface area contributed by atoms with Crippen molar-refractivity contribution in [3.05, 3.63) is 47.5 Å². The number of benzene rings is 1. The Morgan fingerprint density at radius 3 is 2.70 bits per heavy atom.